The zero-order valence-electron chi connectivity index (χ0n) is 12.2. The minimum Gasteiger partial charge on any atom is -0.299 e. The second-order valence-electron chi connectivity index (χ2n) is 5.80. The van der Waals surface area contributed by atoms with Crippen LogP contribution < -0.4 is 0 Å². The fraction of sp³-hybridized carbons (Fsp3) is 0.625. The van der Waals surface area contributed by atoms with E-state index in [4.69, 9.17) is 0 Å². The summed E-state index contributed by atoms with van der Waals surface area (Å²) in [5.41, 5.74) is -1.07. The second kappa shape index (κ2) is 6.77. The molecule has 5 heteroatoms. The molecule has 1 atom stereocenters. The number of likely N-dealkylation sites (tertiary alicyclic amines) is 1. The Morgan fingerprint density at radius 2 is 2.05 bits per heavy atom. The lowest BCUT2D eigenvalue weighted by atomic mass is 9.93. The van der Waals surface area contributed by atoms with E-state index in [2.05, 4.69) is 6.92 Å². The normalized spacial score (nSPS) is 20.7. The van der Waals surface area contributed by atoms with Crippen LogP contribution in [0.15, 0.2) is 18.2 Å². The SMILES string of the molecule is CCC[C@@H]1CCCN(Cc2c(F)cccc2C(F)(F)F)C1. The Hall–Kier alpha value is -1.10. The molecule has 0 radical (unpaired) electrons. The Bertz CT molecular complexity index is 468. The number of halogens is 4. The Kier molecular flexibility index (Phi) is 5.25. The van der Waals surface area contributed by atoms with Gasteiger partial charge in [-0.1, -0.05) is 19.4 Å². The lowest BCUT2D eigenvalue weighted by Gasteiger charge is -2.33. The predicted molar refractivity (Wildman–Crippen MR) is 74.3 cm³/mol. The highest BCUT2D eigenvalue weighted by atomic mass is 19.4. The molecule has 0 saturated carbocycles. The molecule has 0 N–H and O–H groups in total. The highest BCUT2D eigenvalue weighted by molar-refractivity contribution is 5.31. The van der Waals surface area contributed by atoms with Crippen LogP contribution >= 0.6 is 0 Å². The van der Waals surface area contributed by atoms with Crippen LogP contribution in [-0.4, -0.2) is 18.0 Å². The Labute approximate surface area is 122 Å². The highest BCUT2D eigenvalue weighted by Crippen LogP contribution is 2.34. The highest BCUT2D eigenvalue weighted by Gasteiger charge is 2.35. The molecule has 0 aliphatic carbocycles. The smallest absolute Gasteiger partial charge is 0.299 e. The van der Waals surface area contributed by atoms with Gasteiger partial charge in [0.1, 0.15) is 5.82 Å². The van der Waals surface area contributed by atoms with Gasteiger partial charge in [-0.25, -0.2) is 4.39 Å². The minimum atomic E-state index is -4.50. The minimum absolute atomic E-state index is 0.0434. The first-order valence-electron chi connectivity index (χ1n) is 7.48. The Morgan fingerprint density at radius 1 is 1.29 bits per heavy atom. The summed E-state index contributed by atoms with van der Waals surface area (Å²) in [6, 6.07) is 3.20. The molecule has 1 aromatic rings. The van der Waals surface area contributed by atoms with Crippen molar-refractivity contribution in [1.29, 1.82) is 0 Å². The maximum Gasteiger partial charge on any atom is 0.416 e. The van der Waals surface area contributed by atoms with Crippen LogP contribution in [0.25, 0.3) is 0 Å². The van der Waals surface area contributed by atoms with Crippen molar-refractivity contribution < 1.29 is 17.6 Å². The lowest BCUT2D eigenvalue weighted by molar-refractivity contribution is -0.138. The maximum atomic E-state index is 13.9. The van der Waals surface area contributed by atoms with E-state index in [0.717, 1.165) is 57.0 Å². The first-order chi connectivity index (χ1) is 9.91. The maximum absolute atomic E-state index is 13.9. The van der Waals surface area contributed by atoms with Crippen molar-refractivity contribution in [2.45, 2.75) is 45.3 Å². The monoisotopic (exact) mass is 303 g/mol. The van der Waals surface area contributed by atoms with Gasteiger partial charge < -0.3 is 0 Å². The molecule has 118 valence electrons. The van der Waals surface area contributed by atoms with Gasteiger partial charge >= 0.3 is 6.18 Å². The molecular formula is C16H21F4N. The molecule has 0 aromatic heterocycles. The van der Waals surface area contributed by atoms with Gasteiger partial charge in [0.15, 0.2) is 0 Å². The number of rotatable bonds is 4. The van der Waals surface area contributed by atoms with E-state index in [1.165, 1.54) is 0 Å². The van der Waals surface area contributed by atoms with Gasteiger partial charge in [-0.3, -0.25) is 4.90 Å². The Morgan fingerprint density at radius 3 is 2.71 bits per heavy atom. The number of hydrogen-bond acceptors (Lipinski definition) is 1. The summed E-state index contributed by atoms with van der Waals surface area (Å²) in [7, 11) is 0. The van der Waals surface area contributed by atoms with Gasteiger partial charge in [-0.2, -0.15) is 13.2 Å². The van der Waals surface area contributed by atoms with Crippen molar-refractivity contribution in [2.24, 2.45) is 5.92 Å². The largest absolute Gasteiger partial charge is 0.416 e. The molecule has 1 nitrogen and oxygen atoms in total. The average molecular weight is 303 g/mol. The molecule has 0 amide bonds. The van der Waals surface area contributed by atoms with Crippen molar-refractivity contribution in [3.63, 3.8) is 0 Å². The molecule has 1 aliphatic rings. The van der Waals surface area contributed by atoms with E-state index < -0.39 is 17.6 Å². The van der Waals surface area contributed by atoms with Crippen molar-refractivity contribution in [1.82, 2.24) is 4.90 Å². The van der Waals surface area contributed by atoms with E-state index in [-0.39, 0.29) is 12.1 Å². The summed E-state index contributed by atoms with van der Waals surface area (Å²) in [4.78, 5) is 1.96. The fourth-order valence-electron chi connectivity index (χ4n) is 3.15. The molecule has 0 bridgehead atoms. The topological polar surface area (TPSA) is 3.24 Å². The third-order valence-electron chi connectivity index (χ3n) is 4.11. The van der Waals surface area contributed by atoms with Crippen LogP contribution in [0.4, 0.5) is 17.6 Å². The lowest BCUT2D eigenvalue weighted by Crippen LogP contribution is -2.35. The molecule has 1 fully saturated rings. The third kappa shape index (κ3) is 4.19. The van der Waals surface area contributed by atoms with E-state index in [9.17, 15) is 17.6 Å². The van der Waals surface area contributed by atoms with Crippen molar-refractivity contribution >= 4 is 0 Å². The zero-order valence-corrected chi connectivity index (χ0v) is 12.2. The van der Waals surface area contributed by atoms with Crippen LogP contribution in [0.2, 0.25) is 0 Å². The van der Waals surface area contributed by atoms with E-state index >= 15 is 0 Å². The van der Waals surface area contributed by atoms with Gasteiger partial charge in [-0.15, -0.1) is 0 Å². The summed E-state index contributed by atoms with van der Waals surface area (Å²) < 4.78 is 52.8. The van der Waals surface area contributed by atoms with Crippen LogP contribution in [0, 0.1) is 11.7 Å². The molecule has 2 rings (SSSR count). The van der Waals surface area contributed by atoms with Gasteiger partial charge in [0.2, 0.25) is 0 Å². The van der Waals surface area contributed by atoms with Crippen LogP contribution in [0.5, 0.6) is 0 Å². The molecular weight excluding hydrogens is 282 g/mol. The summed E-state index contributed by atoms with van der Waals surface area (Å²) >= 11 is 0. The number of hydrogen-bond donors (Lipinski definition) is 0. The third-order valence-corrected chi connectivity index (χ3v) is 4.11. The van der Waals surface area contributed by atoms with Crippen molar-refractivity contribution in [2.75, 3.05) is 13.1 Å². The van der Waals surface area contributed by atoms with Gasteiger partial charge in [0.05, 0.1) is 5.56 Å². The summed E-state index contributed by atoms with van der Waals surface area (Å²) in [5.74, 6) is -0.243. The van der Waals surface area contributed by atoms with Crippen LogP contribution in [0.1, 0.15) is 43.7 Å². The van der Waals surface area contributed by atoms with E-state index in [0.29, 0.717) is 5.92 Å². The fourth-order valence-corrected chi connectivity index (χ4v) is 3.15. The van der Waals surface area contributed by atoms with Crippen molar-refractivity contribution in [3.05, 3.63) is 35.1 Å². The van der Waals surface area contributed by atoms with Crippen LogP contribution in [0.3, 0.4) is 0 Å². The molecule has 1 aliphatic heterocycles. The molecule has 21 heavy (non-hydrogen) atoms. The summed E-state index contributed by atoms with van der Waals surface area (Å²) in [5, 5.41) is 0. The summed E-state index contributed by atoms with van der Waals surface area (Å²) in [6.07, 6.45) is -0.254. The molecule has 1 saturated heterocycles. The first kappa shape index (κ1) is 16.3. The van der Waals surface area contributed by atoms with Crippen molar-refractivity contribution in [3.8, 4) is 0 Å². The second-order valence-corrected chi connectivity index (χ2v) is 5.80. The molecule has 0 unspecified atom stereocenters. The number of piperidine rings is 1. The predicted octanol–water partition coefficient (Wildman–Crippen LogP) is 4.86. The number of alkyl halides is 3. The van der Waals surface area contributed by atoms with E-state index in [1.807, 2.05) is 4.90 Å². The summed E-state index contributed by atoms with van der Waals surface area (Å²) in [6.45, 7) is 3.66. The van der Waals surface area contributed by atoms with Crippen LogP contribution in [-0.2, 0) is 12.7 Å². The molecule has 0 spiro atoms. The van der Waals surface area contributed by atoms with Gasteiger partial charge in [0, 0.05) is 18.7 Å². The number of benzene rings is 1. The molecule has 1 aromatic carbocycles. The average Bonchev–Trinajstić information content (AvgIpc) is 2.41. The van der Waals surface area contributed by atoms with E-state index in [1.54, 1.807) is 0 Å². The Balaban J connectivity index is 2.15. The number of nitrogens with zero attached hydrogens (tertiary/aromatic N) is 1. The van der Waals surface area contributed by atoms with Gasteiger partial charge in [-0.05, 0) is 43.9 Å². The quantitative estimate of drug-likeness (QED) is 0.718. The van der Waals surface area contributed by atoms with Gasteiger partial charge in [0.25, 0.3) is 0 Å². The standard InChI is InChI=1S/C16H21F4N/c1-2-5-12-6-4-9-21(10-12)11-13-14(16(18,19)20)7-3-8-15(13)17/h3,7-8,12H,2,4-6,9-11H2,1H3/t12-/m1/s1. The molecule has 1 heterocycles. The zero-order chi connectivity index (χ0) is 15.5. The first-order valence-corrected chi connectivity index (χ1v) is 7.48.